The Hall–Kier alpha value is -1.10. The molecule has 1 unspecified atom stereocenters. The minimum absolute atomic E-state index is 0.0136. The standard InChI is InChI=1S/C12H18O4/c1-8-3-4-11(9(2)14)12(5-8)16-7-10(15)6-13/h3-5,9-10,13-15H,6-7H2,1-2H3/t9-,10?/m0/s1. The van der Waals surface area contributed by atoms with Crippen molar-refractivity contribution in [1.82, 2.24) is 0 Å². The second-order valence-electron chi connectivity index (χ2n) is 3.86. The number of ether oxygens (including phenoxy) is 1. The summed E-state index contributed by atoms with van der Waals surface area (Å²) in [5, 5.41) is 27.4. The van der Waals surface area contributed by atoms with Crippen molar-refractivity contribution in [3.63, 3.8) is 0 Å². The van der Waals surface area contributed by atoms with Crippen LogP contribution in [-0.4, -0.2) is 34.6 Å². The van der Waals surface area contributed by atoms with Crippen LogP contribution in [0.2, 0.25) is 0 Å². The molecule has 4 heteroatoms. The Balaban J connectivity index is 2.80. The molecule has 1 rings (SSSR count). The first-order valence-corrected chi connectivity index (χ1v) is 5.25. The predicted molar refractivity (Wildman–Crippen MR) is 60.4 cm³/mol. The highest BCUT2D eigenvalue weighted by Crippen LogP contribution is 2.26. The summed E-state index contributed by atoms with van der Waals surface area (Å²) in [4.78, 5) is 0. The van der Waals surface area contributed by atoms with E-state index in [1.807, 2.05) is 13.0 Å². The van der Waals surface area contributed by atoms with Crippen molar-refractivity contribution in [1.29, 1.82) is 0 Å². The maximum Gasteiger partial charge on any atom is 0.125 e. The first-order chi connectivity index (χ1) is 7.54. The van der Waals surface area contributed by atoms with Gasteiger partial charge >= 0.3 is 0 Å². The molecule has 16 heavy (non-hydrogen) atoms. The maximum absolute atomic E-state index is 9.53. The highest BCUT2D eigenvalue weighted by atomic mass is 16.5. The smallest absolute Gasteiger partial charge is 0.125 e. The highest BCUT2D eigenvalue weighted by Gasteiger charge is 2.11. The zero-order chi connectivity index (χ0) is 12.1. The molecular weight excluding hydrogens is 208 g/mol. The van der Waals surface area contributed by atoms with Crippen LogP contribution in [0.25, 0.3) is 0 Å². The summed E-state index contributed by atoms with van der Waals surface area (Å²) in [5.74, 6) is 0.544. The molecule has 2 atom stereocenters. The van der Waals surface area contributed by atoms with Crippen LogP contribution in [0.1, 0.15) is 24.2 Å². The zero-order valence-electron chi connectivity index (χ0n) is 9.55. The van der Waals surface area contributed by atoms with E-state index in [-0.39, 0.29) is 13.2 Å². The fraction of sp³-hybridized carbons (Fsp3) is 0.500. The van der Waals surface area contributed by atoms with Gasteiger partial charge in [-0.2, -0.15) is 0 Å². The number of aryl methyl sites for hydroxylation is 1. The molecule has 0 saturated carbocycles. The first kappa shape index (κ1) is 13.0. The fourth-order valence-electron chi connectivity index (χ4n) is 1.35. The lowest BCUT2D eigenvalue weighted by Crippen LogP contribution is -2.21. The molecule has 90 valence electrons. The van der Waals surface area contributed by atoms with Crippen LogP contribution in [0.3, 0.4) is 0 Å². The number of hydrogen-bond donors (Lipinski definition) is 3. The zero-order valence-corrected chi connectivity index (χ0v) is 9.55. The number of aliphatic hydroxyl groups excluding tert-OH is 3. The van der Waals surface area contributed by atoms with Crippen molar-refractivity contribution in [3.8, 4) is 5.75 Å². The van der Waals surface area contributed by atoms with E-state index >= 15 is 0 Å². The molecule has 3 N–H and O–H groups in total. The molecule has 0 spiro atoms. The molecule has 0 amide bonds. The fourth-order valence-corrected chi connectivity index (χ4v) is 1.35. The average Bonchev–Trinajstić information content (AvgIpc) is 2.25. The number of rotatable bonds is 5. The number of benzene rings is 1. The van der Waals surface area contributed by atoms with E-state index in [0.717, 1.165) is 5.56 Å². The van der Waals surface area contributed by atoms with Gasteiger partial charge in [0.15, 0.2) is 0 Å². The lowest BCUT2D eigenvalue weighted by Gasteiger charge is -2.15. The minimum Gasteiger partial charge on any atom is -0.490 e. The van der Waals surface area contributed by atoms with Crippen LogP contribution in [0.4, 0.5) is 0 Å². The van der Waals surface area contributed by atoms with Crippen molar-refractivity contribution in [3.05, 3.63) is 29.3 Å². The van der Waals surface area contributed by atoms with Gasteiger partial charge in [0.1, 0.15) is 18.5 Å². The Morgan fingerprint density at radius 3 is 2.56 bits per heavy atom. The molecule has 0 aliphatic rings. The van der Waals surface area contributed by atoms with Gasteiger partial charge in [0.2, 0.25) is 0 Å². The van der Waals surface area contributed by atoms with E-state index in [2.05, 4.69) is 0 Å². The molecule has 4 nitrogen and oxygen atoms in total. The summed E-state index contributed by atoms with van der Waals surface area (Å²) in [6, 6.07) is 5.48. The molecular formula is C12H18O4. The maximum atomic E-state index is 9.53. The Bertz CT molecular complexity index is 336. The molecule has 0 aliphatic carbocycles. The van der Waals surface area contributed by atoms with Gasteiger partial charge in [0.25, 0.3) is 0 Å². The van der Waals surface area contributed by atoms with Crippen molar-refractivity contribution < 1.29 is 20.1 Å². The third kappa shape index (κ3) is 3.48. The quantitative estimate of drug-likeness (QED) is 0.694. The van der Waals surface area contributed by atoms with E-state index in [0.29, 0.717) is 11.3 Å². The second-order valence-corrected chi connectivity index (χ2v) is 3.86. The van der Waals surface area contributed by atoms with E-state index in [1.54, 1.807) is 19.1 Å². The van der Waals surface area contributed by atoms with Gasteiger partial charge in [-0.3, -0.25) is 0 Å². The molecule has 0 fully saturated rings. The lowest BCUT2D eigenvalue weighted by molar-refractivity contribution is 0.0523. The van der Waals surface area contributed by atoms with E-state index in [1.165, 1.54) is 0 Å². The molecule has 0 radical (unpaired) electrons. The summed E-state index contributed by atoms with van der Waals surface area (Å²) >= 11 is 0. The highest BCUT2D eigenvalue weighted by molar-refractivity contribution is 5.38. The van der Waals surface area contributed by atoms with Crippen LogP contribution < -0.4 is 4.74 Å². The van der Waals surface area contributed by atoms with Crippen LogP contribution in [0.15, 0.2) is 18.2 Å². The van der Waals surface area contributed by atoms with Gasteiger partial charge in [0, 0.05) is 5.56 Å². The number of aliphatic hydroxyl groups is 3. The molecule has 1 aromatic carbocycles. The van der Waals surface area contributed by atoms with Crippen molar-refractivity contribution in [2.24, 2.45) is 0 Å². The number of hydrogen-bond acceptors (Lipinski definition) is 4. The molecule has 0 aromatic heterocycles. The molecule has 0 aliphatic heterocycles. The summed E-state index contributed by atoms with van der Waals surface area (Å²) in [6.07, 6.45) is -1.52. The molecule has 0 bridgehead atoms. The third-order valence-electron chi connectivity index (χ3n) is 2.26. The summed E-state index contributed by atoms with van der Waals surface area (Å²) < 4.78 is 5.36. The topological polar surface area (TPSA) is 69.9 Å². The van der Waals surface area contributed by atoms with Gasteiger partial charge in [-0.1, -0.05) is 12.1 Å². The Morgan fingerprint density at radius 1 is 1.31 bits per heavy atom. The Kier molecular flexibility index (Phi) is 4.73. The van der Waals surface area contributed by atoms with Crippen LogP contribution in [-0.2, 0) is 0 Å². The van der Waals surface area contributed by atoms with Crippen molar-refractivity contribution in [2.75, 3.05) is 13.2 Å². The van der Waals surface area contributed by atoms with Gasteiger partial charge < -0.3 is 20.1 Å². The lowest BCUT2D eigenvalue weighted by atomic mass is 10.1. The van der Waals surface area contributed by atoms with Crippen molar-refractivity contribution in [2.45, 2.75) is 26.1 Å². The van der Waals surface area contributed by atoms with Crippen LogP contribution in [0, 0.1) is 6.92 Å². The SMILES string of the molecule is Cc1ccc([C@H](C)O)c(OCC(O)CO)c1. The second kappa shape index (κ2) is 5.84. The summed E-state index contributed by atoms with van der Waals surface area (Å²) in [6.45, 7) is 3.25. The van der Waals surface area contributed by atoms with Crippen molar-refractivity contribution >= 4 is 0 Å². The van der Waals surface area contributed by atoms with Crippen LogP contribution >= 0.6 is 0 Å². The summed E-state index contributed by atoms with van der Waals surface area (Å²) in [5.41, 5.74) is 1.69. The van der Waals surface area contributed by atoms with E-state index < -0.39 is 12.2 Å². The van der Waals surface area contributed by atoms with E-state index in [4.69, 9.17) is 9.84 Å². The Morgan fingerprint density at radius 2 is 2.00 bits per heavy atom. The monoisotopic (exact) mass is 226 g/mol. The largest absolute Gasteiger partial charge is 0.490 e. The van der Waals surface area contributed by atoms with Crippen LogP contribution in [0.5, 0.6) is 5.75 Å². The van der Waals surface area contributed by atoms with Gasteiger partial charge in [-0.15, -0.1) is 0 Å². The van der Waals surface area contributed by atoms with Gasteiger partial charge in [-0.05, 0) is 25.5 Å². The minimum atomic E-state index is -0.901. The first-order valence-electron chi connectivity index (χ1n) is 5.25. The average molecular weight is 226 g/mol. The Labute approximate surface area is 95.1 Å². The van der Waals surface area contributed by atoms with Gasteiger partial charge in [0.05, 0.1) is 12.7 Å². The molecule has 0 saturated heterocycles. The van der Waals surface area contributed by atoms with E-state index in [9.17, 15) is 10.2 Å². The summed E-state index contributed by atoms with van der Waals surface area (Å²) in [7, 11) is 0. The predicted octanol–water partition coefficient (Wildman–Crippen LogP) is 0.780. The molecule has 1 aromatic rings. The molecule has 0 heterocycles. The normalized spacial score (nSPS) is 14.6. The third-order valence-corrected chi connectivity index (χ3v) is 2.26. The van der Waals surface area contributed by atoms with Gasteiger partial charge in [-0.25, -0.2) is 0 Å².